The van der Waals surface area contributed by atoms with Gasteiger partial charge in [-0.15, -0.1) is 0 Å². The number of nitrogens with one attached hydrogen (secondary N) is 1. The quantitative estimate of drug-likeness (QED) is 0.777. The lowest BCUT2D eigenvalue weighted by atomic mass is 9.86. The molecule has 144 valence electrons. The Kier molecular flexibility index (Phi) is 5.05. The van der Waals surface area contributed by atoms with Gasteiger partial charge < -0.3 is 10.1 Å². The van der Waals surface area contributed by atoms with E-state index in [0.717, 1.165) is 17.4 Å². The van der Waals surface area contributed by atoms with E-state index in [0.29, 0.717) is 11.5 Å². The lowest BCUT2D eigenvalue weighted by Gasteiger charge is -2.24. The number of carbonyl (C=O) groups is 2. The second kappa shape index (κ2) is 7.15. The van der Waals surface area contributed by atoms with Crippen molar-refractivity contribution >= 4 is 27.5 Å². The predicted octanol–water partition coefficient (Wildman–Crippen LogP) is 1.63. The first-order valence-corrected chi connectivity index (χ1v) is 10.4. The Bertz CT molecular complexity index is 993. The second-order valence-corrected chi connectivity index (χ2v) is 8.47. The Morgan fingerprint density at radius 3 is 2.59 bits per heavy atom. The minimum atomic E-state index is -3.29. The molecule has 2 aromatic rings. The highest BCUT2D eigenvalue weighted by Gasteiger charge is 2.32. The Hall–Kier alpha value is -2.68. The van der Waals surface area contributed by atoms with E-state index in [2.05, 4.69) is 10.4 Å². The van der Waals surface area contributed by atoms with Gasteiger partial charge in [0.25, 0.3) is 0 Å². The topological polar surface area (TPSA) is 107 Å². The van der Waals surface area contributed by atoms with E-state index in [1.165, 1.54) is 16.8 Å². The van der Waals surface area contributed by atoms with Gasteiger partial charge in [0.05, 0.1) is 17.2 Å². The number of hydrogen-bond acceptors (Lipinski definition) is 6. The normalized spacial score (nSPS) is 16.6. The molecule has 9 heteroatoms. The summed E-state index contributed by atoms with van der Waals surface area (Å²) < 4.78 is 29.7. The lowest BCUT2D eigenvalue weighted by molar-refractivity contribution is -0.144. The molecule has 0 spiro atoms. The largest absolute Gasteiger partial charge is 0.465 e. The third-order valence-corrected chi connectivity index (χ3v) is 5.59. The van der Waals surface area contributed by atoms with Crippen molar-refractivity contribution in [3.8, 4) is 0 Å². The number of amides is 1. The van der Waals surface area contributed by atoms with Crippen LogP contribution in [0.3, 0.4) is 0 Å². The number of aryl methyl sites for hydroxylation is 1. The van der Waals surface area contributed by atoms with Crippen LogP contribution in [0.1, 0.15) is 36.1 Å². The third-order valence-electron chi connectivity index (χ3n) is 4.46. The SMILES string of the molecule is CCOC(=O)Cn1nc(C)c2c1NC(=O)C[C@@H]2c1ccc(S(C)(=O)=O)cc1. The van der Waals surface area contributed by atoms with Crippen molar-refractivity contribution in [1.29, 1.82) is 0 Å². The standard InChI is InChI=1S/C18H21N3O5S/c1-4-26-16(23)10-21-18-17(11(2)20-21)14(9-15(22)19-18)12-5-7-13(8-6-12)27(3,24)25/h5-8,14H,4,9-10H2,1-3H3,(H,19,22)/t14-/m1/s1. The Morgan fingerprint density at radius 2 is 2.00 bits per heavy atom. The summed E-state index contributed by atoms with van der Waals surface area (Å²) in [6.45, 7) is 3.71. The van der Waals surface area contributed by atoms with Crippen molar-refractivity contribution < 1.29 is 22.7 Å². The average molecular weight is 391 g/mol. The van der Waals surface area contributed by atoms with Gasteiger partial charge in [-0.3, -0.25) is 9.59 Å². The molecule has 3 rings (SSSR count). The molecule has 27 heavy (non-hydrogen) atoms. The average Bonchev–Trinajstić information content (AvgIpc) is 2.89. The summed E-state index contributed by atoms with van der Waals surface area (Å²) in [6.07, 6.45) is 1.37. The van der Waals surface area contributed by atoms with Crippen molar-refractivity contribution in [1.82, 2.24) is 9.78 Å². The van der Waals surface area contributed by atoms with Gasteiger partial charge in [0, 0.05) is 24.2 Å². The van der Waals surface area contributed by atoms with E-state index in [1.54, 1.807) is 19.1 Å². The number of nitrogens with zero attached hydrogens (tertiary/aromatic N) is 2. The molecule has 8 nitrogen and oxygen atoms in total. The monoisotopic (exact) mass is 391 g/mol. The van der Waals surface area contributed by atoms with Crippen LogP contribution < -0.4 is 5.32 Å². The van der Waals surface area contributed by atoms with Crippen LogP contribution in [0.25, 0.3) is 0 Å². The molecule has 1 N–H and O–H groups in total. The molecule has 1 aliphatic rings. The number of benzene rings is 1. The number of ether oxygens (including phenoxy) is 1. The molecule has 1 amide bonds. The summed E-state index contributed by atoms with van der Waals surface area (Å²) >= 11 is 0. The number of anilines is 1. The van der Waals surface area contributed by atoms with Crippen LogP contribution in [0.15, 0.2) is 29.2 Å². The molecule has 0 bridgehead atoms. The molecule has 1 aliphatic heterocycles. The summed E-state index contributed by atoms with van der Waals surface area (Å²) in [5.74, 6) is -0.409. The molecule has 0 unspecified atom stereocenters. The van der Waals surface area contributed by atoms with Gasteiger partial charge in [-0.1, -0.05) is 12.1 Å². The van der Waals surface area contributed by atoms with Crippen LogP contribution in [-0.2, 0) is 30.7 Å². The number of aromatic nitrogens is 2. The van der Waals surface area contributed by atoms with Crippen molar-refractivity contribution in [2.45, 2.75) is 37.6 Å². The van der Waals surface area contributed by atoms with Crippen molar-refractivity contribution in [2.24, 2.45) is 0 Å². The zero-order chi connectivity index (χ0) is 19.8. The number of esters is 1. The first kappa shape index (κ1) is 19.1. The fourth-order valence-corrected chi connectivity index (χ4v) is 3.92. The van der Waals surface area contributed by atoms with Gasteiger partial charge in [-0.25, -0.2) is 13.1 Å². The summed E-state index contributed by atoms with van der Waals surface area (Å²) in [6, 6.07) is 6.50. The third kappa shape index (κ3) is 3.87. The second-order valence-electron chi connectivity index (χ2n) is 6.46. The Morgan fingerprint density at radius 1 is 1.33 bits per heavy atom. The molecule has 0 saturated heterocycles. The molecule has 0 radical (unpaired) electrons. The molecule has 0 aliphatic carbocycles. The maximum absolute atomic E-state index is 12.2. The first-order valence-electron chi connectivity index (χ1n) is 8.53. The molecule has 0 saturated carbocycles. The van der Waals surface area contributed by atoms with Crippen LogP contribution in [-0.4, -0.2) is 42.9 Å². The number of sulfone groups is 1. The minimum absolute atomic E-state index is 0.0932. The number of fused-ring (bicyclic) bond motifs is 1. The van der Waals surface area contributed by atoms with Gasteiger partial charge in [0.2, 0.25) is 5.91 Å². The van der Waals surface area contributed by atoms with Crippen LogP contribution >= 0.6 is 0 Å². The van der Waals surface area contributed by atoms with Gasteiger partial charge in [-0.05, 0) is 31.5 Å². The summed E-state index contributed by atoms with van der Waals surface area (Å²) in [5, 5.41) is 7.18. The van der Waals surface area contributed by atoms with Crippen LogP contribution in [0, 0.1) is 6.92 Å². The molecule has 2 heterocycles. The van der Waals surface area contributed by atoms with E-state index in [4.69, 9.17) is 4.74 Å². The van der Waals surface area contributed by atoms with Crippen LogP contribution in [0.5, 0.6) is 0 Å². The number of carbonyl (C=O) groups excluding carboxylic acids is 2. The number of hydrogen-bond donors (Lipinski definition) is 1. The van der Waals surface area contributed by atoms with Gasteiger partial charge >= 0.3 is 5.97 Å². The Labute approximate surface area is 157 Å². The molecule has 1 atom stereocenters. The smallest absolute Gasteiger partial charge is 0.327 e. The van der Waals surface area contributed by atoms with Crippen molar-refractivity contribution in [2.75, 3.05) is 18.2 Å². The van der Waals surface area contributed by atoms with Crippen LogP contribution in [0.2, 0.25) is 0 Å². The summed E-state index contributed by atoms with van der Waals surface area (Å²) in [5.41, 5.74) is 2.34. The van der Waals surface area contributed by atoms with E-state index in [1.807, 2.05) is 6.92 Å². The number of rotatable bonds is 5. The maximum atomic E-state index is 12.2. The highest BCUT2D eigenvalue weighted by atomic mass is 32.2. The zero-order valence-corrected chi connectivity index (χ0v) is 16.2. The van der Waals surface area contributed by atoms with E-state index >= 15 is 0 Å². The van der Waals surface area contributed by atoms with Gasteiger partial charge in [0.15, 0.2) is 9.84 Å². The van der Waals surface area contributed by atoms with Crippen molar-refractivity contribution in [3.05, 3.63) is 41.1 Å². The molecular formula is C18H21N3O5S. The highest BCUT2D eigenvalue weighted by Crippen LogP contribution is 2.39. The van der Waals surface area contributed by atoms with E-state index in [9.17, 15) is 18.0 Å². The van der Waals surface area contributed by atoms with Gasteiger partial charge in [-0.2, -0.15) is 5.10 Å². The lowest BCUT2D eigenvalue weighted by Crippen LogP contribution is -2.26. The van der Waals surface area contributed by atoms with Crippen LogP contribution in [0.4, 0.5) is 5.82 Å². The summed E-state index contributed by atoms with van der Waals surface area (Å²) in [7, 11) is -3.29. The fourth-order valence-electron chi connectivity index (χ4n) is 3.29. The first-order chi connectivity index (χ1) is 12.7. The zero-order valence-electron chi connectivity index (χ0n) is 15.4. The van der Waals surface area contributed by atoms with Gasteiger partial charge in [0.1, 0.15) is 12.4 Å². The van der Waals surface area contributed by atoms with Crippen molar-refractivity contribution in [3.63, 3.8) is 0 Å². The maximum Gasteiger partial charge on any atom is 0.327 e. The highest BCUT2D eigenvalue weighted by molar-refractivity contribution is 7.90. The van der Waals surface area contributed by atoms with E-state index < -0.39 is 15.8 Å². The molecular weight excluding hydrogens is 370 g/mol. The summed E-state index contributed by atoms with van der Waals surface area (Å²) in [4.78, 5) is 24.3. The molecule has 1 aromatic heterocycles. The predicted molar refractivity (Wildman–Crippen MR) is 98.2 cm³/mol. The molecule has 0 fully saturated rings. The minimum Gasteiger partial charge on any atom is -0.465 e. The van der Waals surface area contributed by atoms with E-state index in [-0.39, 0.29) is 36.3 Å². The molecule has 1 aromatic carbocycles. The Balaban J connectivity index is 2.00. The fraction of sp³-hybridized carbons (Fsp3) is 0.389.